The lowest BCUT2D eigenvalue weighted by Crippen LogP contribution is -2.31. The molecular weight excluding hydrogens is 226 g/mol. The van der Waals surface area contributed by atoms with Gasteiger partial charge in [0, 0.05) is 6.04 Å². The first-order valence-electron chi connectivity index (χ1n) is 6.86. The molecule has 1 aromatic carbocycles. The van der Waals surface area contributed by atoms with Gasteiger partial charge in [-0.25, -0.2) is 0 Å². The highest BCUT2D eigenvalue weighted by Gasteiger charge is 2.38. The lowest BCUT2D eigenvalue weighted by atomic mass is 9.82. The van der Waals surface area contributed by atoms with Crippen LogP contribution in [0.3, 0.4) is 0 Å². The van der Waals surface area contributed by atoms with Crippen molar-refractivity contribution in [1.29, 1.82) is 0 Å². The smallest absolute Gasteiger partial charge is 0.122 e. The van der Waals surface area contributed by atoms with Gasteiger partial charge in [-0.1, -0.05) is 18.2 Å². The number of para-hydroxylation sites is 1. The Labute approximate surface area is 108 Å². The second-order valence-corrected chi connectivity index (χ2v) is 5.80. The van der Waals surface area contributed by atoms with Crippen molar-refractivity contribution in [3.63, 3.8) is 0 Å². The third kappa shape index (κ3) is 2.25. The second kappa shape index (κ2) is 4.56. The van der Waals surface area contributed by atoms with Crippen molar-refractivity contribution in [3.8, 4) is 5.75 Å². The Morgan fingerprint density at radius 2 is 2.17 bits per heavy atom. The third-order valence-electron chi connectivity index (χ3n) is 4.33. The van der Waals surface area contributed by atoms with Crippen LogP contribution >= 0.6 is 0 Å². The Morgan fingerprint density at radius 1 is 1.33 bits per heavy atom. The van der Waals surface area contributed by atoms with Gasteiger partial charge in [0.2, 0.25) is 0 Å². The Kier molecular flexibility index (Phi) is 3.04. The van der Waals surface area contributed by atoms with Crippen molar-refractivity contribution in [1.82, 2.24) is 0 Å². The molecule has 0 amide bonds. The maximum absolute atomic E-state index is 10.6. The summed E-state index contributed by atoms with van der Waals surface area (Å²) in [6.45, 7) is 0.754. The molecule has 18 heavy (non-hydrogen) atoms. The van der Waals surface area contributed by atoms with E-state index in [1.54, 1.807) is 0 Å². The van der Waals surface area contributed by atoms with Crippen molar-refractivity contribution in [2.24, 2.45) is 5.73 Å². The summed E-state index contributed by atoms with van der Waals surface area (Å²) >= 11 is 0. The second-order valence-electron chi connectivity index (χ2n) is 5.80. The van der Waals surface area contributed by atoms with Crippen LogP contribution in [0.4, 0.5) is 0 Å². The molecule has 0 spiro atoms. The highest BCUT2D eigenvalue weighted by molar-refractivity contribution is 5.38. The van der Waals surface area contributed by atoms with Gasteiger partial charge in [-0.3, -0.25) is 0 Å². The zero-order valence-corrected chi connectivity index (χ0v) is 10.6. The molecule has 3 rings (SSSR count). The highest BCUT2D eigenvalue weighted by atomic mass is 16.5. The van der Waals surface area contributed by atoms with Crippen molar-refractivity contribution in [2.45, 2.75) is 49.7 Å². The number of hydrogen-bond acceptors (Lipinski definition) is 3. The number of nitrogens with two attached hydrogens (primary N) is 1. The number of aliphatic hydroxyl groups is 1. The SMILES string of the molecule is NC1CCC(O)(CC2CCOc3ccccc32)C1. The molecule has 1 aliphatic heterocycles. The Bertz CT molecular complexity index is 434. The fourth-order valence-corrected chi connectivity index (χ4v) is 3.42. The van der Waals surface area contributed by atoms with E-state index in [1.165, 1.54) is 5.56 Å². The zero-order valence-electron chi connectivity index (χ0n) is 10.6. The van der Waals surface area contributed by atoms with Crippen LogP contribution in [0.2, 0.25) is 0 Å². The lowest BCUT2D eigenvalue weighted by molar-refractivity contribution is 0.0261. The molecule has 3 unspecified atom stereocenters. The van der Waals surface area contributed by atoms with E-state index >= 15 is 0 Å². The van der Waals surface area contributed by atoms with Gasteiger partial charge in [0.15, 0.2) is 0 Å². The van der Waals surface area contributed by atoms with Gasteiger partial charge in [-0.05, 0) is 49.7 Å². The molecule has 0 saturated heterocycles. The largest absolute Gasteiger partial charge is 0.493 e. The first-order valence-corrected chi connectivity index (χ1v) is 6.86. The summed E-state index contributed by atoms with van der Waals surface area (Å²) in [5.74, 6) is 1.39. The van der Waals surface area contributed by atoms with Gasteiger partial charge >= 0.3 is 0 Å². The quantitative estimate of drug-likeness (QED) is 0.842. The fraction of sp³-hybridized carbons (Fsp3) is 0.600. The first-order chi connectivity index (χ1) is 8.66. The molecule has 98 valence electrons. The van der Waals surface area contributed by atoms with Crippen LogP contribution in [-0.2, 0) is 0 Å². The number of benzene rings is 1. The van der Waals surface area contributed by atoms with E-state index in [2.05, 4.69) is 6.07 Å². The van der Waals surface area contributed by atoms with E-state index < -0.39 is 5.60 Å². The fourth-order valence-electron chi connectivity index (χ4n) is 3.42. The maximum Gasteiger partial charge on any atom is 0.122 e. The minimum Gasteiger partial charge on any atom is -0.493 e. The van der Waals surface area contributed by atoms with E-state index in [4.69, 9.17) is 10.5 Å². The van der Waals surface area contributed by atoms with Crippen molar-refractivity contribution in [2.75, 3.05) is 6.61 Å². The highest BCUT2D eigenvalue weighted by Crippen LogP contribution is 2.42. The van der Waals surface area contributed by atoms with Gasteiger partial charge in [0.1, 0.15) is 5.75 Å². The van der Waals surface area contributed by atoms with Crippen molar-refractivity contribution < 1.29 is 9.84 Å². The minimum atomic E-state index is -0.561. The topological polar surface area (TPSA) is 55.5 Å². The molecule has 1 fully saturated rings. The average Bonchev–Trinajstić information content (AvgIpc) is 2.70. The lowest BCUT2D eigenvalue weighted by Gasteiger charge is -2.32. The molecule has 3 atom stereocenters. The maximum atomic E-state index is 10.6. The van der Waals surface area contributed by atoms with E-state index in [1.807, 2.05) is 18.2 Å². The standard InChI is InChI=1S/C15H21NO2/c16-12-5-7-15(17,10-12)9-11-6-8-18-14-4-2-1-3-13(11)14/h1-4,11-12,17H,5-10,16H2. The van der Waals surface area contributed by atoms with Crippen molar-refractivity contribution >= 4 is 0 Å². The van der Waals surface area contributed by atoms with Crippen LogP contribution in [0, 0.1) is 0 Å². The number of ether oxygens (including phenoxy) is 1. The summed E-state index contributed by atoms with van der Waals surface area (Å²) in [6.07, 6.45) is 4.34. The molecule has 3 N–H and O–H groups in total. The van der Waals surface area contributed by atoms with Crippen molar-refractivity contribution in [3.05, 3.63) is 29.8 Å². The van der Waals surface area contributed by atoms with Crippen LogP contribution in [0.25, 0.3) is 0 Å². The minimum absolute atomic E-state index is 0.171. The van der Waals surface area contributed by atoms with Gasteiger partial charge in [0.05, 0.1) is 12.2 Å². The molecule has 0 radical (unpaired) electrons. The molecular formula is C15H21NO2. The van der Waals surface area contributed by atoms with E-state index in [0.29, 0.717) is 5.92 Å². The molecule has 3 nitrogen and oxygen atoms in total. The number of rotatable bonds is 2. The molecule has 2 aliphatic rings. The van der Waals surface area contributed by atoms with Gasteiger partial charge in [-0.15, -0.1) is 0 Å². The summed E-state index contributed by atoms with van der Waals surface area (Å²) in [4.78, 5) is 0. The van der Waals surface area contributed by atoms with Crippen LogP contribution in [-0.4, -0.2) is 23.4 Å². The molecule has 1 heterocycles. The number of hydrogen-bond donors (Lipinski definition) is 2. The van der Waals surface area contributed by atoms with E-state index in [0.717, 1.165) is 44.5 Å². The molecule has 3 heteroatoms. The molecule has 1 aromatic rings. The van der Waals surface area contributed by atoms with Gasteiger partial charge < -0.3 is 15.6 Å². The molecule has 0 aromatic heterocycles. The number of fused-ring (bicyclic) bond motifs is 1. The predicted molar refractivity (Wildman–Crippen MR) is 70.7 cm³/mol. The molecule has 1 aliphatic carbocycles. The molecule has 0 bridgehead atoms. The summed E-state index contributed by atoms with van der Waals surface area (Å²) in [6, 6.07) is 8.36. The van der Waals surface area contributed by atoms with Gasteiger partial charge in [0.25, 0.3) is 0 Å². The molecule has 1 saturated carbocycles. The van der Waals surface area contributed by atoms with Crippen LogP contribution in [0.5, 0.6) is 5.75 Å². The van der Waals surface area contributed by atoms with Crippen LogP contribution in [0.1, 0.15) is 43.6 Å². The van der Waals surface area contributed by atoms with Crippen LogP contribution < -0.4 is 10.5 Å². The van der Waals surface area contributed by atoms with E-state index in [-0.39, 0.29) is 6.04 Å². The third-order valence-corrected chi connectivity index (χ3v) is 4.33. The average molecular weight is 247 g/mol. The Hall–Kier alpha value is -1.06. The normalized spacial score (nSPS) is 35.0. The summed E-state index contributed by atoms with van der Waals surface area (Å²) in [7, 11) is 0. The monoisotopic (exact) mass is 247 g/mol. The van der Waals surface area contributed by atoms with E-state index in [9.17, 15) is 5.11 Å². The van der Waals surface area contributed by atoms with Gasteiger partial charge in [-0.2, -0.15) is 0 Å². The summed E-state index contributed by atoms with van der Waals surface area (Å²) in [5.41, 5.74) is 6.61. The predicted octanol–water partition coefficient (Wildman–Crippen LogP) is 2.19. The first kappa shape index (κ1) is 12.0. The Balaban J connectivity index is 1.78. The summed E-state index contributed by atoms with van der Waals surface area (Å²) in [5, 5.41) is 10.6. The summed E-state index contributed by atoms with van der Waals surface area (Å²) < 4.78 is 5.67. The Morgan fingerprint density at radius 3 is 2.94 bits per heavy atom. The van der Waals surface area contributed by atoms with Crippen LogP contribution in [0.15, 0.2) is 24.3 Å². The zero-order chi connectivity index (χ0) is 12.6.